The summed E-state index contributed by atoms with van der Waals surface area (Å²) in [5.74, 6) is -0.610. The minimum Gasteiger partial charge on any atom is -0.478 e. The summed E-state index contributed by atoms with van der Waals surface area (Å²) in [6.45, 7) is 5.47. The Balaban J connectivity index is 2.98. The lowest BCUT2D eigenvalue weighted by Crippen LogP contribution is -2.13. The summed E-state index contributed by atoms with van der Waals surface area (Å²) >= 11 is 5.68. The minimum absolute atomic E-state index is 0.00221. The van der Waals surface area contributed by atoms with E-state index in [9.17, 15) is 4.79 Å². The number of aromatic carboxylic acids is 1. The van der Waals surface area contributed by atoms with Gasteiger partial charge in [0.05, 0.1) is 5.56 Å². The minimum atomic E-state index is -1.03. The zero-order chi connectivity index (χ0) is 11.4. The maximum Gasteiger partial charge on any atom is 0.335 e. The zero-order valence-corrected chi connectivity index (χ0v) is 8.95. The van der Waals surface area contributed by atoms with Crippen LogP contribution in [0.5, 0.6) is 0 Å². The van der Waals surface area contributed by atoms with Crippen LogP contribution < -0.4 is 5.32 Å². The van der Waals surface area contributed by atoms with E-state index in [1.54, 1.807) is 6.08 Å². The van der Waals surface area contributed by atoms with Gasteiger partial charge >= 0.3 is 5.97 Å². The number of carbonyl (C=O) groups is 1. The molecular formula is C10H11ClN2O2. The molecule has 0 spiro atoms. The molecule has 80 valence electrons. The van der Waals surface area contributed by atoms with Gasteiger partial charge in [-0.2, -0.15) is 0 Å². The summed E-state index contributed by atoms with van der Waals surface area (Å²) in [6, 6.07) is 2.72. The fraction of sp³-hybridized carbons (Fsp3) is 0.200. The van der Waals surface area contributed by atoms with Crippen LogP contribution in [-0.4, -0.2) is 22.1 Å². The first-order valence-corrected chi connectivity index (χ1v) is 4.70. The number of hydrogen-bond acceptors (Lipinski definition) is 3. The van der Waals surface area contributed by atoms with Gasteiger partial charge in [-0.25, -0.2) is 9.78 Å². The molecule has 4 nitrogen and oxygen atoms in total. The van der Waals surface area contributed by atoms with Crippen molar-refractivity contribution in [2.45, 2.75) is 13.0 Å². The van der Waals surface area contributed by atoms with Crippen LogP contribution in [0.2, 0.25) is 5.15 Å². The highest BCUT2D eigenvalue weighted by Gasteiger charge is 2.08. The molecule has 0 aliphatic rings. The van der Waals surface area contributed by atoms with E-state index < -0.39 is 5.97 Å². The van der Waals surface area contributed by atoms with Crippen LogP contribution in [0.4, 0.5) is 5.82 Å². The molecule has 0 radical (unpaired) electrons. The van der Waals surface area contributed by atoms with Crippen molar-refractivity contribution in [2.75, 3.05) is 5.32 Å². The van der Waals surface area contributed by atoms with Gasteiger partial charge in [-0.3, -0.25) is 0 Å². The number of nitrogens with one attached hydrogen (secondary N) is 1. The Kier molecular flexibility index (Phi) is 3.68. The zero-order valence-electron chi connectivity index (χ0n) is 8.20. The molecule has 1 heterocycles. The van der Waals surface area contributed by atoms with Gasteiger partial charge in [-0.15, -0.1) is 6.58 Å². The van der Waals surface area contributed by atoms with Crippen molar-refractivity contribution < 1.29 is 9.90 Å². The number of carboxylic acids is 1. The molecule has 1 aromatic heterocycles. The summed E-state index contributed by atoms with van der Waals surface area (Å²) < 4.78 is 0. The number of rotatable bonds is 4. The molecule has 0 aliphatic carbocycles. The number of aromatic nitrogens is 1. The molecule has 1 atom stereocenters. The quantitative estimate of drug-likeness (QED) is 0.611. The molecule has 0 saturated heterocycles. The molecule has 0 aliphatic heterocycles. The van der Waals surface area contributed by atoms with Gasteiger partial charge in [0.25, 0.3) is 0 Å². The highest BCUT2D eigenvalue weighted by Crippen LogP contribution is 2.15. The number of carboxylic acid groups (broad SMARTS) is 1. The van der Waals surface area contributed by atoms with Crippen LogP contribution in [0.1, 0.15) is 17.3 Å². The Morgan fingerprint density at radius 3 is 2.93 bits per heavy atom. The van der Waals surface area contributed by atoms with Gasteiger partial charge < -0.3 is 10.4 Å². The maximum absolute atomic E-state index is 10.7. The smallest absolute Gasteiger partial charge is 0.335 e. The third-order valence-electron chi connectivity index (χ3n) is 1.77. The standard InChI is InChI=1S/C10H11ClN2O2/c1-3-6(2)12-9-5-7(10(14)15)4-8(11)13-9/h3-6H,1H2,2H3,(H,12,13)(H,14,15). The van der Waals surface area contributed by atoms with Crippen LogP contribution in [0.25, 0.3) is 0 Å². The van der Waals surface area contributed by atoms with E-state index in [0.717, 1.165) is 0 Å². The highest BCUT2D eigenvalue weighted by atomic mass is 35.5. The average molecular weight is 227 g/mol. The van der Waals surface area contributed by atoms with E-state index in [4.69, 9.17) is 16.7 Å². The Labute approximate surface area is 92.6 Å². The molecule has 15 heavy (non-hydrogen) atoms. The highest BCUT2D eigenvalue weighted by molar-refractivity contribution is 6.29. The maximum atomic E-state index is 10.7. The van der Waals surface area contributed by atoms with Crippen LogP contribution in [0, 0.1) is 0 Å². The molecule has 0 bridgehead atoms. The number of halogens is 1. The molecule has 1 unspecified atom stereocenters. The fourth-order valence-corrected chi connectivity index (χ4v) is 1.20. The van der Waals surface area contributed by atoms with Crippen LogP contribution in [0.15, 0.2) is 24.8 Å². The Hall–Kier alpha value is -1.55. The molecule has 5 heteroatoms. The Bertz CT molecular complexity index is 393. The predicted octanol–water partition coefficient (Wildman–Crippen LogP) is 2.42. The summed E-state index contributed by atoms with van der Waals surface area (Å²) in [5.41, 5.74) is 0.105. The average Bonchev–Trinajstić information content (AvgIpc) is 2.16. The SMILES string of the molecule is C=CC(C)Nc1cc(C(=O)O)cc(Cl)n1. The van der Waals surface area contributed by atoms with Gasteiger partial charge in [-0.1, -0.05) is 17.7 Å². The Morgan fingerprint density at radius 2 is 2.40 bits per heavy atom. The summed E-state index contributed by atoms with van der Waals surface area (Å²) in [7, 11) is 0. The van der Waals surface area contributed by atoms with E-state index >= 15 is 0 Å². The predicted molar refractivity (Wildman–Crippen MR) is 59.5 cm³/mol. The lowest BCUT2D eigenvalue weighted by atomic mass is 10.2. The van der Waals surface area contributed by atoms with Crippen molar-refractivity contribution in [1.29, 1.82) is 0 Å². The number of pyridine rings is 1. The van der Waals surface area contributed by atoms with Crippen molar-refractivity contribution in [1.82, 2.24) is 4.98 Å². The molecule has 0 saturated carbocycles. The van der Waals surface area contributed by atoms with Crippen LogP contribution in [-0.2, 0) is 0 Å². The van der Waals surface area contributed by atoms with Crippen molar-refractivity contribution in [3.05, 3.63) is 35.5 Å². The van der Waals surface area contributed by atoms with E-state index in [0.29, 0.717) is 5.82 Å². The molecule has 0 amide bonds. The number of hydrogen-bond donors (Lipinski definition) is 2. The molecule has 0 fully saturated rings. The van der Waals surface area contributed by atoms with Gasteiger partial charge in [0, 0.05) is 6.04 Å². The van der Waals surface area contributed by atoms with Crippen molar-refractivity contribution in [2.24, 2.45) is 0 Å². The first-order chi connectivity index (χ1) is 7.02. The van der Waals surface area contributed by atoms with E-state index in [2.05, 4.69) is 16.9 Å². The second kappa shape index (κ2) is 4.79. The van der Waals surface area contributed by atoms with Gasteiger partial charge in [0.2, 0.25) is 0 Å². The van der Waals surface area contributed by atoms with Crippen LogP contribution >= 0.6 is 11.6 Å². The first-order valence-electron chi connectivity index (χ1n) is 4.33. The van der Waals surface area contributed by atoms with Crippen molar-refractivity contribution >= 4 is 23.4 Å². The number of anilines is 1. The van der Waals surface area contributed by atoms with Crippen molar-refractivity contribution in [3.63, 3.8) is 0 Å². The second-order valence-corrected chi connectivity index (χ2v) is 3.42. The van der Waals surface area contributed by atoms with Gasteiger partial charge in [0.1, 0.15) is 11.0 Å². The molecule has 1 rings (SSSR count). The largest absolute Gasteiger partial charge is 0.478 e. The monoisotopic (exact) mass is 226 g/mol. The van der Waals surface area contributed by atoms with Gasteiger partial charge in [-0.05, 0) is 19.1 Å². The van der Waals surface area contributed by atoms with E-state index in [-0.39, 0.29) is 16.8 Å². The molecule has 2 N–H and O–H groups in total. The Morgan fingerprint density at radius 1 is 1.73 bits per heavy atom. The van der Waals surface area contributed by atoms with Crippen LogP contribution in [0.3, 0.4) is 0 Å². The van der Waals surface area contributed by atoms with Crippen molar-refractivity contribution in [3.8, 4) is 0 Å². The molecule has 1 aromatic rings. The topological polar surface area (TPSA) is 62.2 Å². The normalized spacial score (nSPS) is 11.9. The molecule has 0 aromatic carbocycles. The second-order valence-electron chi connectivity index (χ2n) is 3.04. The summed E-state index contributed by atoms with van der Waals surface area (Å²) in [4.78, 5) is 14.7. The van der Waals surface area contributed by atoms with E-state index in [1.807, 2.05) is 6.92 Å². The lowest BCUT2D eigenvalue weighted by Gasteiger charge is -2.10. The fourth-order valence-electron chi connectivity index (χ4n) is 0.987. The third kappa shape index (κ3) is 3.25. The number of nitrogens with zero attached hydrogens (tertiary/aromatic N) is 1. The molecular weight excluding hydrogens is 216 g/mol. The van der Waals surface area contributed by atoms with Gasteiger partial charge in [0.15, 0.2) is 0 Å². The summed E-state index contributed by atoms with van der Waals surface area (Å²) in [5, 5.41) is 11.9. The lowest BCUT2D eigenvalue weighted by molar-refractivity contribution is 0.0697. The van der Waals surface area contributed by atoms with E-state index in [1.165, 1.54) is 12.1 Å². The first kappa shape index (κ1) is 11.5. The third-order valence-corrected chi connectivity index (χ3v) is 1.96. The summed E-state index contributed by atoms with van der Waals surface area (Å²) in [6.07, 6.45) is 1.68.